The van der Waals surface area contributed by atoms with Crippen LogP contribution in [-0.2, 0) is 4.74 Å². The summed E-state index contributed by atoms with van der Waals surface area (Å²) in [5, 5.41) is 9.80. The fourth-order valence-corrected chi connectivity index (χ4v) is 2.27. The number of β-amino-alcohol motifs (C(OH)–C–C–N with tert-alkyl or cyclic N) is 1. The van der Waals surface area contributed by atoms with Crippen molar-refractivity contribution in [2.24, 2.45) is 5.92 Å². The predicted molar refractivity (Wildman–Crippen MR) is 61.9 cm³/mol. The topological polar surface area (TPSA) is 32.7 Å². The highest BCUT2D eigenvalue weighted by molar-refractivity contribution is 4.81. The summed E-state index contributed by atoms with van der Waals surface area (Å²) in [7, 11) is 0. The van der Waals surface area contributed by atoms with Gasteiger partial charge in [-0.3, -0.25) is 4.90 Å². The molecule has 3 heteroatoms. The lowest BCUT2D eigenvalue weighted by Gasteiger charge is -2.24. The van der Waals surface area contributed by atoms with Crippen LogP contribution in [0.1, 0.15) is 34.1 Å². The Morgan fingerprint density at radius 1 is 1.40 bits per heavy atom. The van der Waals surface area contributed by atoms with Crippen molar-refractivity contribution < 1.29 is 9.84 Å². The summed E-state index contributed by atoms with van der Waals surface area (Å²) in [4.78, 5) is 2.36. The fraction of sp³-hybridized carbons (Fsp3) is 1.00. The number of rotatable bonds is 5. The SMILES string of the molecule is CC1CC(C)N(CC(O)COC(C)C)C1. The largest absolute Gasteiger partial charge is 0.389 e. The quantitative estimate of drug-likeness (QED) is 0.754. The van der Waals surface area contributed by atoms with Gasteiger partial charge in [0.05, 0.1) is 18.8 Å². The van der Waals surface area contributed by atoms with E-state index in [-0.39, 0.29) is 12.2 Å². The van der Waals surface area contributed by atoms with Crippen LogP contribution in [0.3, 0.4) is 0 Å². The van der Waals surface area contributed by atoms with Crippen molar-refractivity contribution >= 4 is 0 Å². The van der Waals surface area contributed by atoms with E-state index in [1.165, 1.54) is 6.42 Å². The van der Waals surface area contributed by atoms with Gasteiger partial charge in [0.2, 0.25) is 0 Å². The normalized spacial score (nSPS) is 30.0. The lowest BCUT2D eigenvalue weighted by atomic mass is 10.1. The van der Waals surface area contributed by atoms with Crippen molar-refractivity contribution in [3.05, 3.63) is 0 Å². The third kappa shape index (κ3) is 4.49. The minimum atomic E-state index is -0.347. The van der Waals surface area contributed by atoms with E-state index in [1.54, 1.807) is 0 Å². The molecule has 3 nitrogen and oxygen atoms in total. The minimum absolute atomic E-state index is 0.203. The Hall–Kier alpha value is -0.120. The molecule has 0 radical (unpaired) electrons. The molecule has 3 unspecified atom stereocenters. The summed E-state index contributed by atoms with van der Waals surface area (Å²) < 4.78 is 5.40. The van der Waals surface area contributed by atoms with Crippen molar-refractivity contribution in [3.8, 4) is 0 Å². The van der Waals surface area contributed by atoms with Crippen LogP contribution in [0.25, 0.3) is 0 Å². The lowest BCUT2D eigenvalue weighted by Crippen LogP contribution is -2.37. The number of aliphatic hydroxyl groups is 1. The average molecular weight is 215 g/mol. The molecule has 0 amide bonds. The van der Waals surface area contributed by atoms with Crippen LogP contribution in [0.2, 0.25) is 0 Å². The first-order valence-corrected chi connectivity index (χ1v) is 6.02. The van der Waals surface area contributed by atoms with Gasteiger partial charge in [0.15, 0.2) is 0 Å². The Morgan fingerprint density at radius 2 is 2.07 bits per heavy atom. The Bertz CT molecular complexity index is 184. The van der Waals surface area contributed by atoms with Crippen molar-refractivity contribution in [2.45, 2.75) is 52.4 Å². The Labute approximate surface area is 93.4 Å². The summed E-state index contributed by atoms with van der Waals surface area (Å²) in [5.41, 5.74) is 0. The average Bonchev–Trinajstić information content (AvgIpc) is 2.42. The van der Waals surface area contributed by atoms with E-state index in [2.05, 4.69) is 18.7 Å². The Kier molecular flexibility index (Phi) is 5.03. The van der Waals surface area contributed by atoms with Crippen molar-refractivity contribution in [1.82, 2.24) is 4.90 Å². The second-order valence-corrected chi connectivity index (χ2v) is 5.18. The molecule has 0 aliphatic carbocycles. The molecule has 1 N–H and O–H groups in total. The maximum Gasteiger partial charge on any atom is 0.0900 e. The fourth-order valence-electron chi connectivity index (χ4n) is 2.27. The first-order chi connectivity index (χ1) is 6.99. The standard InChI is InChI=1S/C12H25NO2/c1-9(2)15-8-12(14)7-13-6-10(3)5-11(13)4/h9-12,14H,5-8H2,1-4H3. The van der Waals surface area contributed by atoms with Gasteiger partial charge >= 0.3 is 0 Å². The molecule has 1 saturated heterocycles. The number of hydrogen-bond donors (Lipinski definition) is 1. The molecule has 1 aliphatic rings. The number of likely N-dealkylation sites (tertiary alicyclic amines) is 1. The van der Waals surface area contributed by atoms with Crippen molar-refractivity contribution in [3.63, 3.8) is 0 Å². The highest BCUT2D eigenvalue weighted by Crippen LogP contribution is 2.22. The lowest BCUT2D eigenvalue weighted by molar-refractivity contribution is -0.00950. The summed E-state index contributed by atoms with van der Waals surface area (Å²) in [6, 6.07) is 0.605. The number of nitrogens with zero attached hydrogens (tertiary/aromatic N) is 1. The summed E-state index contributed by atoms with van der Waals surface area (Å²) >= 11 is 0. The second-order valence-electron chi connectivity index (χ2n) is 5.18. The molecule has 3 atom stereocenters. The highest BCUT2D eigenvalue weighted by Gasteiger charge is 2.27. The van der Waals surface area contributed by atoms with Crippen LogP contribution >= 0.6 is 0 Å². The molecule has 1 rings (SSSR count). The van der Waals surface area contributed by atoms with E-state index in [0.717, 1.165) is 19.0 Å². The molecule has 0 aromatic heterocycles. The highest BCUT2D eigenvalue weighted by atomic mass is 16.5. The van der Waals surface area contributed by atoms with E-state index in [4.69, 9.17) is 4.74 Å². The third-order valence-electron chi connectivity index (χ3n) is 2.98. The molecular formula is C12H25NO2. The van der Waals surface area contributed by atoms with Gasteiger partial charge < -0.3 is 9.84 Å². The van der Waals surface area contributed by atoms with E-state index >= 15 is 0 Å². The molecule has 90 valence electrons. The van der Waals surface area contributed by atoms with Crippen LogP contribution in [0.4, 0.5) is 0 Å². The molecule has 0 bridgehead atoms. The monoisotopic (exact) mass is 215 g/mol. The van der Waals surface area contributed by atoms with Crippen LogP contribution in [-0.4, -0.2) is 48.0 Å². The molecule has 0 aromatic rings. The van der Waals surface area contributed by atoms with Gasteiger partial charge in [0.1, 0.15) is 0 Å². The van der Waals surface area contributed by atoms with Crippen LogP contribution in [0.15, 0.2) is 0 Å². The smallest absolute Gasteiger partial charge is 0.0900 e. The van der Waals surface area contributed by atoms with E-state index in [9.17, 15) is 5.11 Å². The Morgan fingerprint density at radius 3 is 2.53 bits per heavy atom. The summed E-state index contributed by atoms with van der Waals surface area (Å²) in [6.45, 7) is 10.8. The predicted octanol–water partition coefficient (Wildman–Crippen LogP) is 1.50. The molecule has 15 heavy (non-hydrogen) atoms. The molecule has 0 saturated carbocycles. The van der Waals surface area contributed by atoms with Crippen LogP contribution in [0.5, 0.6) is 0 Å². The van der Waals surface area contributed by atoms with Gasteiger partial charge in [-0.2, -0.15) is 0 Å². The van der Waals surface area contributed by atoms with Gasteiger partial charge in [-0.15, -0.1) is 0 Å². The van der Waals surface area contributed by atoms with Gasteiger partial charge in [-0.05, 0) is 33.1 Å². The zero-order valence-corrected chi connectivity index (χ0v) is 10.4. The third-order valence-corrected chi connectivity index (χ3v) is 2.98. The molecule has 0 aromatic carbocycles. The zero-order chi connectivity index (χ0) is 11.4. The van der Waals surface area contributed by atoms with E-state index in [1.807, 2.05) is 13.8 Å². The second kappa shape index (κ2) is 5.83. The van der Waals surface area contributed by atoms with Crippen LogP contribution < -0.4 is 0 Å². The Balaban J connectivity index is 2.22. The summed E-state index contributed by atoms with van der Waals surface area (Å²) in [6.07, 6.45) is 1.10. The first kappa shape index (κ1) is 12.9. The van der Waals surface area contributed by atoms with E-state index < -0.39 is 0 Å². The molecule has 1 heterocycles. The number of ether oxygens (including phenoxy) is 1. The van der Waals surface area contributed by atoms with Gasteiger partial charge in [0.25, 0.3) is 0 Å². The maximum atomic E-state index is 9.80. The molecular weight excluding hydrogens is 190 g/mol. The van der Waals surface area contributed by atoms with Gasteiger partial charge in [0, 0.05) is 19.1 Å². The number of hydrogen-bond acceptors (Lipinski definition) is 3. The first-order valence-electron chi connectivity index (χ1n) is 6.02. The molecule has 1 fully saturated rings. The van der Waals surface area contributed by atoms with E-state index in [0.29, 0.717) is 12.6 Å². The zero-order valence-electron chi connectivity index (χ0n) is 10.4. The molecule has 1 aliphatic heterocycles. The number of aliphatic hydroxyl groups excluding tert-OH is 1. The van der Waals surface area contributed by atoms with Crippen molar-refractivity contribution in [2.75, 3.05) is 19.7 Å². The van der Waals surface area contributed by atoms with Crippen molar-refractivity contribution in [1.29, 1.82) is 0 Å². The molecule has 0 spiro atoms. The van der Waals surface area contributed by atoms with Crippen LogP contribution in [0, 0.1) is 5.92 Å². The maximum absolute atomic E-state index is 9.80. The summed E-state index contributed by atoms with van der Waals surface area (Å²) in [5.74, 6) is 0.762. The minimum Gasteiger partial charge on any atom is -0.389 e. The van der Waals surface area contributed by atoms with Gasteiger partial charge in [-0.25, -0.2) is 0 Å². The van der Waals surface area contributed by atoms with Gasteiger partial charge in [-0.1, -0.05) is 6.92 Å².